The summed E-state index contributed by atoms with van der Waals surface area (Å²) in [5, 5.41) is 22.5. The summed E-state index contributed by atoms with van der Waals surface area (Å²) in [7, 11) is 0. The van der Waals surface area contributed by atoms with Crippen LogP contribution in [0.4, 0.5) is 4.79 Å². The van der Waals surface area contributed by atoms with Gasteiger partial charge in [0.15, 0.2) is 6.23 Å². The van der Waals surface area contributed by atoms with Crippen molar-refractivity contribution in [1.29, 1.82) is 0 Å². The normalized spacial score (nSPS) is 29.1. The number of hydrogen-bond donors (Lipinski definition) is 3. The van der Waals surface area contributed by atoms with Crippen molar-refractivity contribution in [2.45, 2.75) is 64.6 Å². The Kier molecular flexibility index (Phi) is 7.97. The predicted octanol–water partition coefficient (Wildman–Crippen LogP) is 1.08. The van der Waals surface area contributed by atoms with Crippen molar-refractivity contribution in [3.05, 3.63) is 23.3 Å². The van der Waals surface area contributed by atoms with Gasteiger partial charge in [-0.15, -0.1) is 0 Å². The number of allylic oxidation sites excluding steroid dienone is 3. The Hall–Kier alpha value is -1.74. The lowest BCUT2D eigenvalue weighted by Crippen LogP contribution is -2.56. The molecule has 4 atom stereocenters. The van der Waals surface area contributed by atoms with E-state index in [9.17, 15) is 19.8 Å². The second kappa shape index (κ2) is 9.98. The van der Waals surface area contributed by atoms with Crippen LogP contribution >= 0.6 is 0 Å². The smallest absolute Gasteiger partial charge is 0.326 e. The molecule has 0 unspecified atom stereocenters. The highest BCUT2D eigenvalue weighted by Gasteiger charge is 2.47. The van der Waals surface area contributed by atoms with Crippen LogP contribution in [-0.2, 0) is 14.3 Å². The molecule has 0 saturated carbocycles. The molecule has 2 saturated heterocycles. The summed E-state index contributed by atoms with van der Waals surface area (Å²) in [6.45, 7) is 6.80. The summed E-state index contributed by atoms with van der Waals surface area (Å²) in [6, 6.07) is -0.626. The molecule has 0 aromatic carbocycles. The number of carbonyl (C=O) groups is 2. The van der Waals surface area contributed by atoms with E-state index in [4.69, 9.17) is 9.47 Å². The number of rotatable bonds is 8. The van der Waals surface area contributed by atoms with Crippen LogP contribution in [0.25, 0.3) is 0 Å². The van der Waals surface area contributed by atoms with Gasteiger partial charge in [-0.1, -0.05) is 23.3 Å². The summed E-state index contributed by atoms with van der Waals surface area (Å²) in [5.74, 6) is -0.365. The van der Waals surface area contributed by atoms with E-state index < -0.39 is 30.6 Å². The van der Waals surface area contributed by atoms with Crippen molar-refractivity contribution >= 4 is 11.9 Å². The molecule has 0 aromatic rings. The van der Waals surface area contributed by atoms with E-state index in [2.05, 4.69) is 25.2 Å². The fraction of sp³-hybridized carbons (Fsp3) is 0.684. The number of carbonyl (C=O) groups excluding carboxylic acids is 2. The fourth-order valence-electron chi connectivity index (χ4n) is 3.02. The van der Waals surface area contributed by atoms with Gasteiger partial charge < -0.3 is 19.7 Å². The summed E-state index contributed by atoms with van der Waals surface area (Å²) >= 11 is 0. The van der Waals surface area contributed by atoms with Crippen molar-refractivity contribution in [2.24, 2.45) is 0 Å². The number of amides is 3. The van der Waals surface area contributed by atoms with E-state index in [-0.39, 0.29) is 25.5 Å². The Labute approximate surface area is 159 Å². The van der Waals surface area contributed by atoms with Crippen LogP contribution in [0.1, 0.15) is 40.0 Å². The van der Waals surface area contributed by atoms with Gasteiger partial charge in [0.25, 0.3) is 0 Å². The zero-order valence-corrected chi connectivity index (χ0v) is 16.2. The zero-order chi connectivity index (χ0) is 20.0. The molecular weight excluding hydrogens is 352 g/mol. The Bertz CT molecular complexity index is 599. The van der Waals surface area contributed by atoms with Crippen LogP contribution in [-0.4, -0.2) is 71.3 Å². The molecule has 0 spiro atoms. The van der Waals surface area contributed by atoms with E-state index in [0.717, 1.165) is 12.8 Å². The van der Waals surface area contributed by atoms with Crippen molar-refractivity contribution in [1.82, 2.24) is 10.2 Å². The van der Waals surface area contributed by atoms with E-state index in [0.29, 0.717) is 6.61 Å². The SMILES string of the molecule is CC(C)=CCC/C(C)=C/COC[C@H]1O[C@@H](N2CCC(=O)NC2=O)[C@H](O)[C@@H]1O. The van der Waals surface area contributed by atoms with Gasteiger partial charge in [-0.25, -0.2) is 4.79 Å². The average Bonchev–Trinajstić information content (AvgIpc) is 2.87. The maximum Gasteiger partial charge on any atom is 0.326 e. The molecule has 0 aromatic heterocycles. The largest absolute Gasteiger partial charge is 0.387 e. The van der Waals surface area contributed by atoms with E-state index in [1.165, 1.54) is 16.0 Å². The van der Waals surface area contributed by atoms with Crippen LogP contribution in [0.15, 0.2) is 23.3 Å². The third-order valence-electron chi connectivity index (χ3n) is 4.65. The molecule has 27 heavy (non-hydrogen) atoms. The first kappa shape index (κ1) is 21.6. The Balaban J connectivity index is 1.78. The van der Waals surface area contributed by atoms with Crippen LogP contribution < -0.4 is 5.32 Å². The van der Waals surface area contributed by atoms with Gasteiger partial charge in [-0.3, -0.25) is 15.0 Å². The molecule has 0 radical (unpaired) electrons. The number of hydrogen-bond acceptors (Lipinski definition) is 6. The predicted molar refractivity (Wildman–Crippen MR) is 98.8 cm³/mol. The minimum absolute atomic E-state index is 0.0981. The molecule has 8 heteroatoms. The molecule has 2 aliphatic heterocycles. The lowest BCUT2D eigenvalue weighted by atomic mass is 10.1. The molecule has 0 aliphatic carbocycles. The first-order valence-corrected chi connectivity index (χ1v) is 9.28. The Morgan fingerprint density at radius 1 is 1.26 bits per heavy atom. The lowest BCUT2D eigenvalue weighted by Gasteiger charge is -2.32. The molecule has 3 amide bonds. The standard InChI is InChI=1S/C19H30N2O6/c1-12(2)5-4-6-13(3)8-10-26-11-14-16(23)17(24)18(27-14)21-9-7-15(22)20-19(21)25/h5,8,14,16-18,23-24H,4,6-7,9-11H2,1-3H3,(H,20,22,25)/b13-8+/t14-,16-,17-,18-/m1/s1. The minimum Gasteiger partial charge on any atom is -0.387 e. The minimum atomic E-state index is -1.25. The van der Waals surface area contributed by atoms with Crippen LogP contribution in [0.3, 0.4) is 0 Å². The van der Waals surface area contributed by atoms with Crippen molar-refractivity contribution < 1.29 is 29.3 Å². The summed E-state index contributed by atoms with van der Waals surface area (Å²) < 4.78 is 11.2. The topological polar surface area (TPSA) is 108 Å². The molecule has 152 valence electrons. The van der Waals surface area contributed by atoms with Crippen LogP contribution in [0.2, 0.25) is 0 Å². The third-order valence-corrected chi connectivity index (χ3v) is 4.65. The maximum absolute atomic E-state index is 11.9. The van der Waals surface area contributed by atoms with E-state index >= 15 is 0 Å². The zero-order valence-electron chi connectivity index (χ0n) is 16.2. The van der Waals surface area contributed by atoms with Gasteiger partial charge in [-0.05, 0) is 33.6 Å². The molecule has 3 N–H and O–H groups in total. The van der Waals surface area contributed by atoms with E-state index in [1.54, 1.807) is 0 Å². The number of aliphatic hydroxyl groups excluding tert-OH is 2. The quantitative estimate of drug-likeness (QED) is 0.428. The van der Waals surface area contributed by atoms with Crippen molar-refractivity contribution in [3.8, 4) is 0 Å². The highest BCUT2D eigenvalue weighted by atomic mass is 16.6. The first-order chi connectivity index (χ1) is 12.8. The molecule has 2 heterocycles. The Morgan fingerprint density at radius 3 is 2.67 bits per heavy atom. The number of aliphatic hydroxyl groups is 2. The molecule has 0 bridgehead atoms. The van der Waals surface area contributed by atoms with Crippen LogP contribution in [0, 0.1) is 0 Å². The number of nitrogens with one attached hydrogen (secondary N) is 1. The lowest BCUT2D eigenvalue weighted by molar-refractivity contribution is -0.126. The molecule has 2 fully saturated rings. The monoisotopic (exact) mass is 382 g/mol. The van der Waals surface area contributed by atoms with Gasteiger partial charge >= 0.3 is 6.03 Å². The van der Waals surface area contributed by atoms with Gasteiger partial charge in [-0.2, -0.15) is 0 Å². The van der Waals surface area contributed by atoms with Crippen molar-refractivity contribution in [2.75, 3.05) is 19.8 Å². The molecule has 2 aliphatic rings. The molecule has 2 rings (SSSR count). The van der Waals surface area contributed by atoms with Gasteiger partial charge in [0.2, 0.25) is 5.91 Å². The third kappa shape index (κ3) is 6.14. The first-order valence-electron chi connectivity index (χ1n) is 9.28. The second-order valence-corrected chi connectivity index (χ2v) is 7.25. The molecule has 8 nitrogen and oxygen atoms in total. The Morgan fingerprint density at radius 2 is 2.00 bits per heavy atom. The number of ether oxygens (including phenoxy) is 2. The van der Waals surface area contributed by atoms with Gasteiger partial charge in [0.05, 0.1) is 13.2 Å². The fourth-order valence-corrected chi connectivity index (χ4v) is 3.02. The summed E-state index contributed by atoms with van der Waals surface area (Å²) in [6.07, 6.45) is 2.10. The maximum atomic E-state index is 11.9. The highest BCUT2D eigenvalue weighted by Crippen LogP contribution is 2.25. The number of urea groups is 1. The highest BCUT2D eigenvalue weighted by molar-refractivity contribution is 5.96. The average molecular weight is 382 g/mol. The summed E-state index contributed by atoms with van der Waals surface area (Å²) in [4.78, 5) is 24.3. The second-order valence-electron chi connectivity index (χ2n) is 7.25. The van der Waals surface area contributed by atoms with Crippen molar-refractivity contribution in [3.63, 3.8) is 0 Å². The summed E-state index contributed by atoms with van der Waals surface area (Å²) in [5.41, 5.74) is 2.51. The van der Waals surface area contributed by atoms with Crippen LogP contribution in [0.5, 0.6) is 0 Å². The van der Waals surface area contributed by atoms with Gasteiger partial charge in [0, 0.05) is 13.0 Å². The molecular formula is C19H30N2O6. The van der Waals surface area contributed by atoms with Gasteiger partial charge in [0.1, 0.15) is 18.3 Å². The number of nitrogens with zero attached hydrogens (tertiary/aromatic N) is 1. The number of imide groups is 1. The van der Waals surface area contributed by atoms with E-state index in [1.807, 2.05) is 13.0 Å².